The van der Waals surface area contributed by atoms with Crippen molar-refractivity contribution in [3.05, 3.63) is 65.2 Å². The van der Waals surface area contributed by atoms with Gasteiger partial charge in [0.15, 0.2) is 0 Å². The summed E-state index contributed by atoms with van der Waals surface area (Å²) >= 11 is 0. The number of nitrogens with zero attached hydrogens (tertiary/aromatic N) is 1. The van der Waals surface area contributed by atoms with E-state index in [9.17, 15) is 9.90 Å². The summed E-state index contributed by atoms with van der Waals surface area (Å²) in [5.41, 5.74) is 5.69. The Morgan fingerprint density at radius 3 is 2.45 bits per heavy atom. The molecule has 0 aliphatic rings. The van der Waals surface area contributed by atoms with Crippen LogP contribution in [0.2, 0.25) is 0 Å². The second kappa shape index (κ2) is 6.02. The Kier molecular flexibility index (Phi) is 4.15. The first-order valence-corrected chi connectivity index (χ1v) is 6.27. The molecule has 20 heavy (non-hydrogen) atoms. The standard InChI is InChI=1S/C16H16N2O2/c1-11-6-8-13(9-7-11)12(2)17-18-16(20)14-4-3-5-15(19)10-14/h3-10,19H,1-2H3,(H,18,20)/b17-12-. The molecule has 0 heterocycles. The lowest BCUT2D eigenvalue weighted by Gasteiger charge is -2.04. The summed E-state index contributed by atoms with van der Waals surface area (Å²) in [7, 11) is 0. The summed E-state index contributed by atoms with van der Waals surface area (Å²) in [5, 5.41) is 13.4. The Labute approximate surface area is 117 Å². The van der Waals surface area contributed by atoms with E-state index in [4.69, 9.17) is 0 Å². The molecule has 0 atom stereocenters. The predicted molar refractivity (Wildman–Crippen MR) is 79.0 cm³/mol. The van der Waals surface area contributed by atoms with E-state index in [1.165, 1.54) is 17.7 Å². The molecular formula is C16H16N2O2. The average molecular weight is 268 g/mol. The zero-order valence-electron chi connectivity index (χ0n) is 11.4. The molecular weight excluding hydrogens is 252 g/mol. The van der Waals surface area contributed by atoms with Gasteiger partial charge in [0.05, 0.1) is 5.71 Å². The van der Waals surface area contributed by atoms with Gasteiger partial charge in [-0.1, -0.05) is 35.9 Å². The van der Waals surface area contributed by atoms with Crippen LogP contribution in [0.25, 0.3) is 0 Å². The number of phenols is 1. The van der Waals surface area contributed by atoms with Gasteiger partial charge in [0.1, 0.15) is 5.75 Å². The van der Waals surface area contributed by atoms with Crippen LogP contribution in [0.1, 0.15) is 28.4 Å². The molecule has 0 bridgehead atoms. The van der Waals surface area contributed by atoms with Crippen molar-refractivity contribution in [1.29, 1.82) is 0 Å². The molecule has 2 rings (SSSR count). The van der Waals surface area contributed by atoms with Gasteiger partial charge >= 0.3 is 0 Å². The molecule has 102 valence electrons. The molecule has 0 saturated heterocycles. The Balaban J connectivity index is 2.08. The third-order valence-electron chi connectivity index (χ3n) is 2.90. The summed E-state index contributed by atoms with van der Waals surface area (Å²) in [6, 6.07) is 14.0. The van der Waals surface area contributed by atoms with Crippen molar-refractivity contribution in [2.24, 2.45) is 5.10 Å². The molecule has 0 unspecified atom stereocenters. The first kappa shape index (κ1) is 13.8. The smallest absolute Gasteiger partial charge is 0.271 e. The van der Waals surface area contributed by atoms with E-state index < -0.39 is 0 Å². The maximum atomic E-state index is 11.9. The van der Waals surface area contributed by atoms with Gasteiger partial charge in [-0.2, -0.15) is 5.10 Å². The molecule has 0 aliphatic carbocycles. The van der Waals surface area contributed by atoms with E-state index in [0.717, 1.165) is 11.3 Å². The quantitative estimate of drug-likeness (QED) is 0.664. The number of benzene rings is 2. The molecule has 0 radical (unpaired) electrons. The van der Waals surface area contributed by atoms with E-state index in [1.807, 2.05) is 38.1 Å². The third-order valence-corrected chi connectivity index (χ3v) is 2.90. The van der Waals surface area contributed by atoms with E-state index in [0.29, 0.717) is 5.56 Å². The molecule has 1 amide bonds. The van der Waals surface area contributed by atoms with Gasteiger partial charge in [0, 0.05) is 5.56 Å². The van der Waals surface area contributed by atoms with Gasteiger partial charge in [0.25, 0.3) is 5.91 Å². The average Bonchev–Trinajstić information content (AvgIpc) is 2.45. The molecule has 2 aromatic rings. The number of hydrazone groups is 1. The van der Waals surface area contributed by atoms with Crippen molar-refractivity contribution in [2.45, 2.75) is 13.8 Å². The van der Waals surface area contributed by atoms with Gasteiger partial charge in [-0.15, -0.1) is 0 Å². The number of carbonyl (C=O) groups excluding carboxylic acids is 1. The minimum atomic E-state index is -0.354. The number of nitrogens with one attached hydrogen (secondary N) is 1. The van der Waals surface area contributed by atoms with Crippen LogP contribution < -0.4 is 5.43 Å². The van der Waals surface area contributed by atoms with E-state index in [2.05, 4.69) is 10.5 Å². The highest BCUT2D eigenvalue weighted by atomic mass is 16.3. The number of aryl methyl sites for hydroxylation is 1. The van der Waals surface area contributed by atoms with Gasteiger partial charge in [-0.05, 0) is 37.6 Å². The van der Waals surface area contributed by atoms with Crippen LogP contribution in [0.4, 0.5) is 0 Å². The Bertz CT molecular complexity index is 646. The van der Waals surface area contributed by atoms with Crippen molar-refractivity contribution >= 4 is 11.6 Å². The molecule has 0 aromatic heterocycles. The third kappa shape index (κ3) is 3.45. The second-order valence-electron chi connectivity index (χ2n) is 4.55. The van der Waals surface area contributed by atoms with E-state index in [1.54, 1.807) is 12.1 Å². The number of carbonyl (C=O) groups is 1. The molecule has 0 spiro atoms. The summed E-state index contributed by atoms with van der Waals surface area (Å²) in [6.45, 7) is 3.84. The zero-order valence-corrected chi connectivity index (χ0v) is 11.4. The van der Waals surface area contributed by atoms with Crippen LogP contribution in [0, 0.1) is 6.92 Å². The monoisotopic (exact) mass is 268 g/mol. The number of aromatic hydroxyl groups is 1. The molecule has 0 aliphatic heterocycles. The first-order chi connectivity index (χ1) is 9.56. The number of phenolic OH excluding ortho intramolecular Hbond substituents is 1. The summed E-state index contributed by atoms with van der Waals surface area (Å²) in [5.74, 6) is -0.302. The SMILES string of the molecule is C/C(=N/NC(=O)c1cccc(O)c1)c1ccc(C)cc1. The number of hydrogen-bond acceptors (Lipinski definition) is 3. The van der Waals surface area contributed by atoms with Crippen molar-refractivity contribution in [1.82, 2.24) is 5.43 Å². The number of amides is 1. The van der Waals surface area contributed by atoms with Crippen molar-refractivity contribution < 1.29 is 9.90 Å². The maximum Gasteiger partial charge on any atom is 0.271 e. The Morgan fingerprint density at radius 2 is 1.80 bits per heavy atom. The predicted octanol–water partition coefficient (Wildman–Crippen LogP) is 2.85. The molecule has 0 fully saturated rings. The first-order valence-electron chi connectivity index (χ1n) is 6.27. The largest absolute Gasteiger partial charge is 0.508 e. The minimum absolute atomic E-state index is 0.0527. The molecule has 2 aromatic carbocycles. The summed E-state index contributed by atoms with van der Waals surface area (Å²) in [4.78, 5) is 11.9. The lowest BCUT2D eigenvalue weighted by atomic mass is 10.1. The Morgan fingerprint density at radius 1 is 1.10 bits per heavy atom. The van der Waals surface area contributed by atoms with Gasteiger partial charge < -0.3 is 5.11 Å². The molecule has 2 N–H and O–H groups in total. The van der Waals surface area contributed by atoms with Crippen molar-refractivity contribution in [2.75, 3.05) is 0 Å². The molecule has 4 heteroatoms. The lowest BCUT2D eigenvalue weighted by Crippen LogP contribution is -2.19. The molecule has 4 nitrogen and oxygen atoms in total. The van der Waals surface area contributed by atoms with Crippen LogP contribution in [0.5, 0.6) is 5.75 Å². The fraction of sp³-hybridized carbons (Fsp3) is 0.125. The van der Waals surface area contributed by atoms with Gasteiger partial charge in [-0.25, -0.2) is 5.43 Å². The number of hydrogen-bond donors (Lipinski definition) is 2. The van der Waals surface area contributed by atoms with Crippen LogP contribution >= 0.6 is 0 Å². The highest BCUT2D eigenvalue weighted by molar-refractivity contribution is 6.00. The lowest BCUT2D eigenvalue weighted by molar-refractivity contribution is 0.0954. The van der Waals surface area contributed by atoms with E-state index >= 15 is 0 Å². The van der Waals surface area contributed by atoms with Crippen LogP contribution in [-0.4, -0.2) is 16.7 Å². The van der Waals surface area contributed by atoms with Gasteiger partial charge in [-0.3, -0.25) is 4.79 Å². The Hall–Kier alpha value is -2.62. The van der Waals surface area contributed by atoms with E-state index in [-0.39, 0.29) is 11.7 Å². The van der Waals surface area contributed by atoms with Crippen molar-refractivity contribution in [3.8, 4) is 5.75 Å². The van der Waals surface area contributed by atoms with Crippen LogP contribution in [0.15, 0.2) is 53.6 Å². The van der Waals surface area contributed by atoms with Crippen LogP contribution in [0.3, 0.4) is 0 Å². The maximum absolute atomic E-state index is 11.9. The number of rotatable bonds is 3. The highest BCUT2D eigenvalue weighted by Gasteiger charge is 2.05. The second-order valence-corrected chi connectivity index (χ2v) is 4.55. The highest BCUT2D eigenvalue weighted by Crippen LogP contribution is 2.10. The normalized spacial score (nSPS) is 11.2. The minimum Gasteiger partial charge on any atom is -0.508 e. The van der Waals surface area contributed by atoms with Crippen LogP contribution in [-0.2, 0) is 0 Å². The van der Waals surface area contributed by atoms with Gasteiger partial charge in [0.2, 0.25) is 0 Å². The summed E-state index contributed by atoms with van der Waals surface area (Å²) in [6.07, 6.45) is 0. The fourth-order valence-corrected chi connectivity index (χ4v) is 1.71. The summed E-state index contributed by atoms with van der Waals surface area (Å²) < 4.78 is 0. The zero-order chi connectivity index (χ0) is 14.5. The molecule has 0 saturated carbocycles. The van der Waals surface area contributed by atoms with Crippen molar-refractivity contribution in [3.63, 3.8) is 0 Å². The fourth-order valence-electron chi connectivity index (χ4n) is 1.71. The topological polar surface area (TPSA) is 61.7 Å².